The molecule has 0 saturated carbocycles. The van der Waals surface area contributed by atoms with Gasteiger partial charge in [-0.15, -0.1) is 0 Å². The van der Waals surface area contributed by atoms with Crippen LogP contribution in [-0.2, 0) is 0 Å². The first-order valence-corrected chi connectivity index (χ1v) is 8.44. The van der Waals surface area contributed by atoms with Crippen LogP contribution in [0.5, 0.6) is 5.75 Å². The molecule has 0 N–H and O–H groups in total. The topological polar surface area (TPSA) is 9.23 Å². The van der Waals surface area contributed by atoms with Crippen molar-refractivity contribution in [3.05, 3.63) is 61.2 Å². The molecule has 0 heterocycles. The number of halogens is 5. The first-order chi connectivity index (χ1) is 9.43. The fraction of sp³-hybridized carbons (Fsp3) is 0.143. The maximum absolute atomic E-state index is 13.6. The van der Waals surface area contributed by atoms with Crippen LogP contribution >= 0.6 is 59.4 Å². The van der Waals surface area contributed by atoms with E-state index in [1.807, 2.05) is 12.1 Å². The molecular weight excluding hydrogens is 478 g/mol. The highest BCUT2D eigenvalue weighted by Crippen LogP contribution is 2.42. The molecule has 2 rings (SSSR count). The lowest BCUT2D eigenvalue weighted by atomic mass is 10.0. The van der Waals surface area contributed by atoms with Gasteiger partial charge in [0.05, 0.1) is 16.4 Å². The molecule has 1 atom stereocenters. The summed E-state index contributed by atoms with van der Waals surface area (Å²) in [6.07, 6.45) is 0. The van der Waals surface area contributed by atoms with Crippen LogP contribution in [0.3, 0.4) is 0 Å². The average molecular weight is 487 g/mol. The molecule has 0 spiro atoms. The van der Waals surface area contributed by atoms with Gasteiger partial charge in [-0.3, -0.25) is 0 Å². The van der Waals surface area contributed by atoms with Crippen molar-refractivity contribution in [2.75, 3.05) is 7.11 Å². The molecule has 0 saturated heterocycles. The van der Waals surface area contributed by atoms with Gasteiger partial charge < -0.3 is 4.74 Å². The average Bonchev–Trinajstić information content (AvgIpc) is 2.40. The molecular formula is C14H9Br3ClFO. The SMILES string of the molecule is COc1cc(F)c(Br)cc1C(Br)c1ccc(Cl)cc1Br. The third-order valence-corrected chi connectivity index (χ3v) is 5.30. The monoisotopic (exact) mass is 484 g/mol. The first kappa shape index (κ1) is 16.3. The van der Waals surface area contributed by atoms with E-state index in [-0.39, 0.29) is 10.6 Å². The van der Waals surface area contributed by atoms with Crippen molar-refractivity contribution in [2.45, 2.75) is 4.83 Å². The molecule has 0 bridgehead atoms. The number of methoxy groups -OCH3 is 1. The third-order valence-electron chi connectivity index (χ3n) is 2.78. The van der Waals surface area contributed by atoms with E-state index >= 15 is 0 Å². The Hall–Kier alpha value is -0.100. The smallest absolute Gasteiger partial charge is 0.141 e. The molecule has 0 amide bonds. The van der Waals surface area contributed by atoms with Gasteiger partial charge in [-0.1, -0.05) is 49.5 Å². The van der Waals surface area contributed by atoms with Gasteiger partial charge in [-0.05, 0) is 39.7 Å². The van der Waals surface area contributed by atoms with E-state index in [1.54, 1.807) is 12.1 Å². The van der Waals surface area contributed by atoms with Gasteiger partial charge in [0.2, 0.25) is 0 Å². The van der Waals surface area contributed by atoms with E-state index in [1.165, 1.54) is 13.2 Å². The summed E-state index contributed by atoms with van der Waals surface area (Å²) in [7, 11) is 1.52. The number of rotatable bonds is 3. The fourth-order valence-electron chi connectivity index (χ4n) is 1.79. The Morgan fingerprint density at radius 3 is 2.40 bits per heavy atom. The molecule has 2 aromatic carbocycles. The summed E-state index contributed by atoms with van der Waals surface area (Å²) in [6, 6.07) is 8.59. The Balaban J connectivity index is 2.52. The van der Waals surface area contributed by atoms with Crippen LogP contribution in [0.1, 0.15) is 16.0 Å². The lowest BCUT2D eigenvalue weighted by Gasteiger charge is -2.17. The van der Waals surface area contributed by atoms with Crippen molar-refractivity contribution < 1.29 is 9.13 Å². The summed E-state index contributed by atoms with van der Waals surface area (Å²) in [5, 5.41) is 0.646. The van der Waals surface area contributed by atoms with Crippen LogP contribution < -0.4 is 4.74 Å². The van der Waals surface area contributed by atoms with E-state index in [4.69, 9.17) is 16.3 Å². The Morgan fingerprint density at radius 1 is 1.10 bits per heavy atom. The lowest BCUT2D eigenvalue weighted by Crippen LogP contribution is -1.99. The van der Waals surface area contributed by atoms with Crippen molar-refractivity contribution in [1.29, 1.82) is 0 Å². The second kappa shape index (κ2) is 6.77. The second-order valence-corrected chi connectivity index (χ2v) is 7.10. The highest BCUT2D eigenvalue weighted by atomic mass is 79.9. The predicted octanol–water partition coefficient (Wildman–Crippen LogP) is 6.50. The van der Waals surface area contributed by atoms with Crippen LogP contribution in [0.2, 0.25) is 5.02 Å². The van der Waals surface area contributed by atoms with Gasteiger partial charge in [-0.25, -0.2) is 4.39 Å². The van der Waals surface area contributed by atoms with E-state index in [0.29, 0.717) is 15.2 Å². The Morgan fingerprint density at radius 2 is 1.80 bits per heavy atom. The standard InChI is InChI=1S/C14H9Br3ClFO/c1-20-13-6-12(19)11(16)5-9(13)14(17)8-3-2-7(18)4-10(8)15/h2-6,14H,1H3. The Kier molecular flexibility index (Phi) is 5.51. The summed E-state index contributed by atoms with van der Waals surface area (Å²) >= 11 is 16.2. The van der Waals surface area contributed by atoms with Crippen LogP contribution in [0.4, 0.5) is 4.39 Å². The lowest BCUT2D eigenvalue weighted by molar-refractivity contribution is 0.406. The predicted molar refractivity (Wildman–Crippen MR) is 90.6 cm³/mol. The zero-order chi connectivity index (χ0) is 14.9. The van der Waals surface area contributed by atoms with Crippen molar-refractivity contribution in [2.24, 2.45) is 0 Å². The van der Waals surface area contributed by atoms with Gasteiger partial charge in [-0.2, -0.15) is 0 Å². The fourth-order valence-corrected chi connectivity index (χ4v) is 4.13. The molecule has 1 unspecified atom stereocenters. The minimum absolute atomic E-state index is 0.152. The second-order valence-electron chi connectivity index (χ2n) is 4.04. The van der Waals surface area contributed by atoms with Crippen molar-refractivity contribution >= 4 is 59.4 Å². The molecule has 6 heteroatoms. The minimum Gasteiger partial charge on any atom is -0.496 e. The van der Waals surface area contributed by atoms with Crippen LogP contribution in [0.15, 0.2) is 39.3 Å². The zero-order valence-electron chi connectivity index (χ0n) is 10.3. The van der Waals surface area contributed by atoms with Crippen molar-refractivity contribution in [1.82, 2.24) is 0 Å². The summed E-state index contributed by atoms with van der Waals surface area (Å²) in [6.45, 7) is 0. The van der Waals surface area contributed by atoms with E-state index in [9.17, 15) is 4.39 Å². The molecule has 2 aromatic rings. The van der Waals surface area contributed by atoms with E-state index < -0.39 is 0 Å². The summed E-state index contributed by atoms with van der Waals surface area (Å²) in [5.74, 6) is 0.120. The van der Waals surface area contributed by atoms with Gasteiger partial charge >= 0.3 is 0 Å². The minimum atomic E-state index is -0.361. The summed E-state index contributed by atoms with van der Waals surface area (Å²) in [4.78, 5) is -0.152. The highest BCUT2D eigenvalue weighted by Gasteiger charge is 2.20. The van der Waals surface area contributed by atoms with Gasteiger partial charge in [0.15, 0.2) is 0 Å². The Bertz CT molecular complexity index is 649. The summed E-state index contributed by atoms with van der Waals surface area (Å²) in [5.41, 5.74) is 1.80. The zero-order valence-corrected chi connectivity index (χ0v) is 15.8. The Labute approximate surface area is 146 Å². The molecule has 0 aliphatic rings. The normalized spacial score (nSPS) is 12.3. The quantitative estimate of drug-likeness (QED) is 0.450. The molecule has 0 fully saturated rings. The maximum Gasteiger partial charge on any atom is 0.141 e. The van der Waals surface area contributed by atoms with Gasteiger partial charge in [0, 0.05) is 21.1 Å². The maximum atomic E-state index is 13.6. The summed E-state index contributed by atoms with van der Waals surface area (Å²) < 4.78 is 20.1. The van der Waals surface area contributed by atoms with Crippen molar-refractivity contribution in [3.8, 4) is 5.75 Å². The van der Waals surface area contributed by atoms with E-state index in [2.05, 4.69) is 47.8 Å². The largest absolute Gasteiger partial charge is 0.496 e. The number of benzene rings is 2. The third kappa shape index (κ3) is 3.38. The molecule has 20 heavy (non-hydrogen) atoms. The van der Waals surface area contributed by atoms with Crippen LogP contribution in [0, 0.1) is 5.82 Å². The number of hydrogen-bond donors (Lipinski definition) is 0. The van der Waals surface area contributed by atoms with Crippen molar-refractivity contribution in [3.63, 3.8) is 0 Å². The first-order valence-electron chi connectivity index (χ1n) is 5.56. The highest BCUT2D eigenvalue weighted by molar-refractivity contribution is 9.11. The molecule has 0 aromatic heterocycles. The van der Waals surface area contributed by atoms with Gasteiger partial charge in [0.1, 0.15) is 11.6 Å². The number of alkyl halides is 1. The molecule has 106 valence electrons. The van der Waals surface area contributed by atoms with Crippen LogP contribution in [0.25, 0.3) is 0 Å². The molecule has 1 nitrogen and oxygen atoms in total. The van der Waals surface area contributed by atoms with Crippen LogP contribution in [-0.4, -0.2) is 7.11 Å². The number of hydrogen-bond acceptors (Lipinski definition) is 1. The van der Waals surface area contributed by atoms with E-state index in [0.717, 1.165) is 15.6 Å². The van der Waals surface area contributed by atoms with Gasteiger partial charge in [0.25, 0.3) is 0 Å². The molecule has 0 aliphatic heterocycles. The number of ether oxygens (including phenoxy) is 1. The molecule has 0 aliphatic carbocycles. The molecule has 0 radical (unpaired) electrons.